The average Bonchev–Trinajstić information content (AvgIpc) is 3.13. The molecular formula is C22H29N5S. The molecule has 1 fully saturated rings. The van der Waals surface area contributed by atoms with Gasteiger partial charge in [0.15, 0.2) is 0 Å². The fourth-order valence-electron chi connectivity index (χ4n) is 4.00. The van der Waals surface area contributed by atoms with E-state index < -0.39 is 0 Å². The van der Waals surface area contributed by atoms with Gasteiger partial charge in [-0.05, 0) is 52.4 Å². The van der Waals surface area contributed by atoms with E-state index in [2.05, 4.69) is 69.9 Å². The number of hydrogen-bond donors (Lipinski definition) is 0. The largest absolute Gasteiger partial charge is 0.298 e. The predicted molar refractivity (Wildman–Crippen MR) is 115 cm³/mol. The van der Waals surface area contributed by atoms with E-state index in [0.29, 0.717) is 0 Å². The van der Waals surface area contributed by atoms with Crippen molar-refractivity contribution in [3.8, 4) is 5.69 Å². The van der Waals surface area contributed by atoms with Crippen molar-refractivity contribution in [3.63, 3.8) is 0 Å². The number of aryl methyl sites for hydroxylation is 2. The molecule has 0 saturated carbocycles. The fourth-order valence-corrected chi connectivity index (χ4v) is 4.60. The lowest BCUT2D eigenvalue weighted by Gasteiger charge is -2.21. The Bertz CT molecular complexity index is 914. The molecule has 3 aromatic rings. The van der Waals surface area contributed by atoms with Crippen molar-refractivity contribution >= 4 is 11.3 Å². The van der Waals surface area contributed by atoms with E-state index in [1.54, 1.807) is 11.3 Å². The van der Waals surface area contributed by atoms with Crippen LogP contribution in [-0.2, 0) is 13.1 Å². The summed E-state index contributed by atoms with van der Waals surface area (Å²) in [5, 5.41) is 8.17. The second-order valence-corrected chi connectivity index (χ2v) is 8.72. The van der Waals surface area contributed by atoms with Crippen molar-refractivity contribution < 1.29 is 0 Å². The molecule has 0 radical (unpaired) electrons. The zero-order valence-corrected chi connectivity index (χ0v) is 17.9. The monoisotopic (exact) mass is 395 g/mol. The van der Waals surface area contributed by atoms with Gasteiger partial charge in [0, 0.05) is 42.8 Å². The zero-order valence-electron chi connectivity index (χ0n) is 17.1. The van der Waals surface area contributed by atoms with Gasteiger partial charge >= 0.3 is 0 Å². The second kappa shape index (κ2) is 8.55. The highest BCUT2D eigenvalue weighted by molar-refractivity contribution is 7.09. The zero-order chi connectivity index (χ0) is 19.5. The van der Waals surface area contributed by atoms with Crippen LogP contribution in [0.3, 0.4) is 0 Å². The molecule has 2 aromatic heterocycles. The summed E-state index contributed by atoms with van der Waals surface area (Å²) in [7, 11) is 0. The normalized spacial score (nSPS) is 16.4. The van der Waals surface area contributed by atoms with Crippen molar-refractivity contribution in [2.24, 2.45) is 0 Å². The van der Waals surface area contributed by atoms with Gasteiger partial charge in [0.1, 0.15) is 0 Å². The van der Waals surface area contributed by atoms with Crippen LogP contribution < -0.4 is 0 Å². The van der Waals surface area contributed by atoms with Crippen LogP contribution >= 0.6 is 11.3 Å². The predicted octanol–water partition coefficient (Wildman–Crippen LogP) is 3.96. The van der Waals surface area contributed by atoms with Gasteiger partial charge in [-0.1, -0.05) is 18.2 Å². The minimum Gasteiger partial charge on any atom is -0.298 e. The van der Waals surface area contributed by atoms with Crippen LogP contribution in [-0.4, -0.2) is 50.7 Å². The van der Waals surface area contributed by atoms with Crippen LogP contribution in [0.1, 0.15) is 34.1 Å². The molecule has 148 valence electrons. The number of nitrogens with zero attached hydrogens (tertiary/aromatic N) is 5. The SMILES string of the molecule is Cc1nc(CN2CCCN(Cc3c(C)nn(-c4ccccc4)c3C)CC2)cs1. The third kappa shape index (κ3) is 4.35. The minimum atomic E-state index is 0.974. The maximum Gasteiger partial charge on any atom is 0.0897 e. The van der Waals surface area contributed by atoms with Gasteiger partial charge in [0.05, 0.1) is 22.1 Å². The van der Waals surface area contributed by atoms with Gasteiger partial charge in [0.25, 0.3) is 0 Å². The van der Waals surface area contributed by atoms with Crippen LogP contribution in [0.4, 0.5) is 0 Å². The van der Waals surface area contributed by atoms with E-state index in [4.69, 9.17) is 5.10 Å². The molecule has 1 aliphatic rings. The second-order valence-electron chi connectivity index (χ2n) is 7.66. The van der Waals surface area contributed by atoms with E-state index in [9.17, 15) is 0 Å². The summed E-state index contributed by atoms with van der Waals surface area (Å²) in [4.78, 5) is 9.75. The lowest BCUT2D eigenvalue weighted by atomic mass is 10.1. The smallest absolute Gasteiger partial charge is 0.0897 e. The summed E-state index contributed by atoms with van der Waals surface area (Å²) < 4.78 is 2.08. The Hall–Kier alpha value is -2.02. The van der Waals surface area contributed by atoms with Crippen LogP contribution in [0.25, 0.3) is 5.69 Å². The Balaban J connectivity index is 1.41. The Morgan fingerprint density at radius 1 is 0.929 bits per heavy atom. The lowest BCUT2D eigenvalue weighted by Crippen LogP contribution is -2.30. The van der Waals surface area contributed by atoms with Crippen LogP contribution in [0.2, 0.25) is 0 Å². The van der Waals surface area contributed by atoms with E-state index in [-0.39, 0.29) is 0 Å². The van der Waals surface area contributed by atoms with Gasteiger partial charge in [0.2, 0.25) is 0 Å². The first-order chi connectivity index (χ1) is 13.6. The van der Waals surface area contributed by atoms with Gasteiger partial charge < -0.3 is 0 Å². The van der Waals surface area contributed by atoms with Crippen molar-refractivity contribution in [1.82, 2.24) is 24.6 Å². The number of thiazole rings is 1. The Labute approximate surface area is 171 Å². The summed E-state index contributed by atoms with van der Waals surface area (Å²) in [5.41, 5.74) is 6.11. The van der Waals surface area contributed by atoms with Gasteiger partial charge in [-0.2, -0.15) is 5.10 Å². The van der Waals surface area contributed by atoms with Crippen molar-refractivity contribution in [2.75, 3.05) is 26.2 Å². The number of hydrogen-bond acceptors (Lipinski definition) is 5. The molecule has 1 saturated heterocycles. The Kier molecular flexibility index (Phi) is 5.90. The molecule has 4 rings (SSSR count). The molecule has 5 nitrogen and oxygen atoms in total. The third-order valence-electron chi connectivity index (χ3n) is 5.56. The van der Waals surface area contributed by atoms with E-state index in [1.165, 1.54) is 23.4 Å². The summed E-state index contributed by atoms with van der Waals surface area (Å²) in [6.45, 7) is 12.8. The van der Waals surface area contributed by atoms with Gasteiger partial charge in [-0.25, -0.2) is 9.67 Å². The minimum absolute atomic E-state index is 0.974. The molecule has 0 N–H and O–H groups in total. The molecule has 6 heteroatoms. The molecular weight excluding hydrogens is 366 g/mol. The number of para-hydroxylation sites is 1. The molecule has 0 spiro atoms. The summed E-state index contributed by atoms with van der Waals surface area (Å²) in [6.07, 6.45) is 1.20. The number of rotatable bonds is 5. The standard InChI is InChI=1S/C22H29N5S/c1-17-22(18(2)27(24-17)21-8-5-4-6-9-21)15-26-11-7-10-25(12-13-26)14-20-16-28-19(3)23-20/h4-6,8-9,16H,7,10-15H2,1-3H3. The van der Waals surface area contributed by atoms with Crippen molar-refractivity contribution in [3.05, 3.63) is 63.4 Å². The summed E-state index contributed by atoms with van der Waals surface area (Å²) in [5.74, 6) is 0. The molecule has 1 aliphatic heterocycles. The average molecular weight is 396 g/mol. The van der Waals surface area contributed by atoms with Crippen LogP contribution in [0.15, 0.2) is 35.7 Å². The maximum absolute atomic E-state index is 4.81. The Morgan fingerprint density at radius 2 is 1.64 bits per heavy atom. The molecule has 0 amide bonds. The molecule has 0 bridgehead atoms. The molecule has 0 atom stereocenters. The first kappa shape index (κ1) is 19.3. The summed E-state index contributed by atoms with van der Waals surface area (Å²) in [6, 6.07) is 10.4. The first-order valence-corrected chi connectivity index (χ1v) is 10.9. The van der Waals surface area contributed by atoms with E-state index in [1.807, 2.05) is 6.07 Å². The molecule has 3 heterocycles. The van der Waals surface area contributed by atoms with E-state index >= 15 is 0 Å². The third-order valence-corrected chi connectivity index (χ3v) is 6.38. The van der Waals surface area contributed by atoms with Gasteiger partial charge in [-0.15, -0.1) is 11.3 Å². The molecule has 1 aromatic carbocycles. The first-order valence-electron chi connectivity index (χ1n) is 10.1. The highest BCUT2D eigenvalue weighted by Crippen LogP contribution is 2.20. The highest BCUT2D eigenvalue weighted by Gasteiger charge is 2.19. The Morgan fingerprint density at radius 3 is 2.32 bits per heavy atom. The molecule has 0 unspecified atom stereocenters. The number of benzene rings is 1. The van der Waals surface area contributed by atoms with Crippen LogP contribution in [0, 0.1) is 20.8 Å². The molecule has 0 aliphatic carbocycles. The van der Waals surface area contributed by atoms with Gasteiger partial charge in [-0.3, -0.25) is 9.80 Å². The lowest BCUT2D eigenvalue weighted by molar-refractivity contribution is 0.245. The van der Waals surface area contributed by atoms with Crippen molar-refractivity contribution in [1.29, 1.82) is 0 Å². The van der Waals surface area contributed by atoms with Crippen LogP contribution in [0.5, 0.6) is 0 Å². The maximum atomic E-state index is 4.81. The highest BCUT2D eigenvalue weighted by atomic mass is 32.1. The topological polar surface area (TPSA) is 37.2 Å². The fraction of sp³-hybridized carbons (Fsp3) is 0.455. The van der Waals surface area contributed by atoms with Crippen molar-refractivity contribution in [2.45, 2.75) is 40.3 Å². The molecule has 28 heavy (non-hydrogen) atoms. The quantitative estimate of drug-likeness (QED) is 0.655. The summed E-state index contributed by atoms with van der Waals surface area (Å²) >= 11 is 1.75. The number of aromatic nitrogens is 3. The van der Waals surface area contributed by atoms with E-state index in [0.717, 1.165) is 55.7 Å².